The lowest BCUT2D eigenvalue weighted by atomic mass is 10.2. The maximum Gasteiger partial charge on any atom is 0.138 e. The van der Waals surface area contributed by atoms with Gasteiger partial charge in [0, 0.05) is 27.1 Å². The molecule has 0 saturated carbocycles. The second-order valence-corrected chi connectivity index (χ2v) is 5.06. The second-order valence-electron chi connectivity index (χ2n) is 3.90. The molecule has 17 heavy (non-hydrogen) atoms. The first-order valence-electron chi connectivity index (χ1n) is 5.28. The molecule has 90 valence electrons. The molecule has 1 aromatic heterocycles. The number of nitrogens with two attached hydrogens (primary N) is 1. The van der Waals surface area contributed by atoms with E-state index in [1.54, 1.807) is 0 Å². The molecule has 0 atom stereocenters. The summed E-state index contributed by atoms with van der Waals surface area (Å²) in [5.74, 6) is 0.862. The summed E-state index contributed by atoms with van der Waals surface area (Å²) in [4.78, 5) is 0. The SMILES string of the molecule is Cc1noc(C)c1CNc1ccc(N)cc1I. The van der Waals surface area contributed by atoms with E-state index in [9.17, 15) is 0 Å². The third-order valence-corrected chi connectivity index (χ3v) is 3.52. The first kappa shape index (κ1) is 12.2. The molecule has 4 nitrogen and oxygen atoms in total. The van der Waals surface area contributed by atoms with E-state index >= 15 is 0 Å². The van der Waals surface area contributed by atoms with Gasteiger partial charge >= 0.3 is 0 Å². The van der Waals surface area contributed by atoms with Gasteiger partial charge in [0.25, 0.3) is 0 Å². The monoisotopic (exact) mass is 343 g/mol. The normalized spacial score (nSPS) is 10.5. The first-order valence-corrected chi connectivity index (χ1v) is 6.36. The topological polar surface area (TPSA) is 64.1 Å². The number of nitrogens with one attached hydrogen (secondary N) is 1. The van der Waals surface area contributed by atoms with E-state index in [4.69, 9.17) is 10.3 Å². The minimum absolute atomic E-state index is 0.709. The zero-order valence-electron chi connectivity index (χ0n) is 9.75. The highest BCUT2D eigenvalue weighted by Gasteiger charge is 2.09. The molecule has 2 rings (SSSR count). The Labute approximate surface area is 114 Å². The summed E-state index contributed by atoms with van der Waals surface area (Å²) in [5.41, 5.74) is 9.59. The van der Waals surface area contributed by atoms with Crippen LogP contribution in [-0.4, -0.2) is 5.16 Å². The van der Waals surface area contributed by atoms with Crippen molar-refractivity contribution in [2.75, 3.05) is 11.1 Å². The zero-order valence-corrected chi connectivity index (χ0v) is 11.9. The molecule has 5 heteroatoms. The molecule has 1 aromatic carbocycles. The number of nitrogen functional groups attached to an aromatic ring is 1. The van der Waals surface area contributed by atoms with Gasteiger partial charge in [-0.2, -0.15) is 0 Å². The van der Waals surface area contributed by atoms with Crippen LogP contribution in [0.1, 0.15) is 17.0 Å². The van der Waals surface area contributed by atoms with Crippen molar-refractivity contribution in [1.29, 1.82) is 0 Å². The summed E-state index contributed by atoms with van der Waals surface area (Å²) in [5, 5.41) is 7.29. The van der Waals surface area contributed by atoms with E-state index in [-0.39, 0.29) is 0 Å². The molecule has 0 aliphatic carbocycles. The van der Waals surface area contributed by atoms with Gasteiger partial charge in [0.1, 0.15) is 5.76 Å². The Balaban J connectivity index is 2.13. The van der Waals surface area contributed by atoms with Gasteiger partial charge in [0.15, 0.2) is 0 Å². The quantitative estimate of drug-likeness (QED) is 0.664. The van der Waals surface area contributed by atoms with E-state index in [2.05, 4.69) is 33.1 Å². The molecule has 2 aromatic rings. The fourth-order valence-corrected chi connectivity index (χ4v) is 2.34. The van der Waals surface area contributed by atoms with Crippen LogP contribution in [0.2, 0.25) is 0 Å². The van der Waals surface area contributed by atoms with Crippen LogP contribution >= 0.6 is 22.6 Å². The van der Waals surface area contributed by atoms with E-state index < -0.39 is 0 Å². The molecule has 0 aliphatic heterocycles. The lowest BCUT2D eigenvalue weighted by molar-refractivity contribution is 0.392. The summed E-state index contributed by atoms with van der Waals surface area (Å²) >= 11 is 2.26. The minimum Gasteiger partial charge on any atom is -0.399 e. The van der Waals surface area contributed by atoms with Gasteiger partial charge in [-0.3, -0.25) is 0 Å². The van der Waals surface area contributed by atoms with Gasteiger partial charge in [-0.1, -0.05) is 5.16 Å². The van der Waals surface area contributed by atoms with Crippen LogP contribution < -0.4 is 11.1 Å². The Morgan fingerprint density at radius 3 is 2.76 bits per heavy atom. The lowest BCUT2D eigenvalue weighted by Crippen LogP contribution is -2.03. The summed E-state index contributed by atoms with van der Waals surface area (Å²) in [6, 6.07) is 5.81. The number of hydrogen-bond acceptors (Lipinski definition) is 4. The van der Waals surface area contributed by atoms with Crippen molar-refractivity contribution in [3.05, 3.63) is 38.8 Å². The summed E-state index contributed by atoms with van der Waals surface area (Å²) in [6.07, 6.45) is 0. The van der Waals surface area contributed by atoms with Gasteiger partial charge in [0.2, 0.25) is 0 Å². The van der Waals surface area contributed by atoms with Crippen molar-refractivity contribution < 1.29 is 4.52 Å². The molecule has 0 amide bonds. The van der Waals surface area contributed by atoms with Gasteiger partial charge in [-0.15, -0.1) is 0 Å². The highest BCUT2D eigenvalue weighted by Crippen LogP contribution is 2.22. The number of aromatic nitrogens is 1. The number of aryl methyl sites for hydroxylation is 2. The van der Waals surface area contributed by atoms with Crippen molar-refractivity contribution in [2.45, 2.75) is 20.4 Å². The Morgan fingerprint density at radius 2 is 2.18 bits per heavy atom. The van der Waals surface area contributed by atoms with Crippen molar-refractivity contribution in [2.24, 2.45) is 0 Å². The number of nitrogens with zero attached hydrogens (tertiary/aromatic N) is 1. The smallest absolute Gasteiger partial charge is 0.138 e. The van der Waals surface area contributed by atoms with Gasteiger partial charge in [0.05, 0.1) is 5.69 Å². The van der Waals surface area contributed by atoms with Crippen molar-refractivity contribution in [3.8, 4) is 0 Å². The second kappa shape index (κ2) is 4.95. The average Bonchev–Trinajstić information content (AvgIpc) is 2.58. The standard InChI is InChI=1S/C12H14IN3O/c1-7-10(8(2)17-16-7)6-15-12-4-3-9(14)5-11(12)13/h3-5,15H,6,14H2,1-2H3. The molecule has 0 radical (unpaired) electrons. The fraction of sp³-hybridized carbons (Fsp3) is 0.250. The van der Waals surface area contributed by atoms with Crippen molar-refractivity contribution in [3.63, 3.8) is 0 Å². The molecule has 0 saturated heterocycles. The van der Waals surface area contributed by atoms with Gasteiger partial charge in [-0.05, 0) is 54.6 Å². The van der Waals surface area contributed by atoms with E-state index in [0.29, 0.717) is 6.54 Å². The number of halogens is 1. The minimum atomic E-state index is 0.709. The van der Waals surface area contributed by atoms with Crippen LogP contribution in [0, 0.1) is 17.4 Å². The highest BCUT2D eigenvalue weighted by atomic mass is 127. The zero-order chi connectivity index (χ0) is 12.4. The number of benzene rings is 1. The maximum atomic E-state index is 5.71. The van der Waals surface area contributed by atoms with Crippen molar-refractivity contribution in [1.82, 2.24) is 5.16 Å². The van der Waals surface area contributed by atoms with Crippen molar-refractivity contribution >= 4 is 34.0 Å². The molecular formula is C12H14IN3O. The molecular weight excluding hydrogens is 329 g/mol. The van der Waals surface area contributed by atoms with Crippen LogP contribution in [0.15, 0.2) is 22.7 Å². The molecule has 1 heterocycles. The van der Waals surface area contributed by atoms with E-state index in [1.807, 2.05) is 32.0 Å². The Kier molecular flexibility index (Phi) is 3.56. The average molecular weight is 343 g/mol. The fourth-order valence-electron chi connectivity index (χ4n) is 1.61. The summed E-state index contributed by atoms with van der Waals surface area (Å²) in [6.45, 7) is 4.58. The van der Waals surface area contributed by atoms with Gasteiger partial charge < -0.3 is 15.6 Å². The van der Waals surface area contributed by atoms with Crippen LogP contribution in [0.5, 0.6) is 0 Å². The molecule has 0 fully saturated rings. The molecule has 0 unspecified atom stereocenters. The number of rotatable bonds is 3. The summed E-state index contributed by atoms with van der Waals surface area (Å²) in [7, 11) is 0. The molecule has 3 N–H and O–H groups in total. The third-order valence-electron chi connectivity index (χ3n) is 2.63. The highest BCUT2D eigenvalue weighted by molar-refractivity contribution is 14.1. The first-order chi connectivity index (χ1) is 8.08. The summed E-state index contributed by atoms with van der Waals surface area (Å²) < 4.78 is 6.23. The lowest BCUT2D eigenvalue weighted by Gasteiger charge is -2.08. The molecule has 0 aliphatic rings. The Hall–Kier alpha value is -1.24. The Morgan fingerprint density at radius 1 is 1.41 bits per heavy atom. The number of anilines is 2. The maximum absolute atomic E-state index is 5.71. The van der Waals surface area contributed by atoms with Crippen LogP contribution in [0.3, 0.4) is 0 Å². The van der Waals surface area contributed by atoms with E-state index in [1.165, 1.54) is 0 Å². The molecule has 0 bridgehead atoms. The third kappa shape index (κ3) is 2.71. The molecule has 0 spiro atoms. The number of hydrogen-bond donors (Lipinski definition) is 2. The van der Waals surface area contributed by atoms with Crippen LogP contribution in [0.25, 0.3) is 0 Å². The van der Waals surface area contributed by atoms with E-state index in [0.717, 1.165) is 32.0 Å². The predicted octanol–water partition coefficient (Wildman–Crippen LogP) is 3.09. The van der Waals surface area contributed by atoms with Crippen LogP contribution in [-0.2, 0) is 6.54 Å². The Bertz CT molecular complexity index is 517. The predicted molar refractivity (Wildman–Crippen MR) is 76.9 cm³/mol. The van der Waals surface area contributed by atoms with Gasteiger partial charge in [-0.25, -0.2) is 0 Å². The van der Waals surface area contributed by atoms with Crippen LogP contribution in [0.4, 0.5) is 11.4 Å². The largest absolute Gasteiger partial charge is 0.399 e.